The fourth-order valence-electron chi connectivity index (χ4n) is 2.74. The summed E-state index contributed by atoms with van der Waals surface area (Å²) >= 11 is 0. The summed E-state index contributed by atoms with van der Waals surface area (Å²) in [5.41, 5.74) is 0.0300. The Hall–Kier alpha value is -3.26. The van der Waals surface area contributed by atoms with Gasteiger partial charge >= 0.3 is 5.63 Å². The number of carbonyl (C=O) groups excluding carboxylic acids is 1. The van der Waals surface area contributed by atoms with Crippen LogP contribution < -0.4 is 15.8 Å². The molecule has 1 aliphatic rings. The standard InChI is InChI=1S/C18H16N4O4/c23-17(13-5-6-16(21-20-13)22-7-9-25-10-8-22)19-14-11-12-3-1-2-4-15(12)26-18(14)24/h1-6,11H,7-10H2,(H,19,23). The van der Waals surface area contributed by atoms with E-state index in [4.69, 9.17) is 9.15 Å². The number of nitrogens with one attached hydrogen (secondary N) is 1. The van der Waals surface area contributed by atoms with Crippen LogP contribution in [0.25, 0.3) is 11.0 Å². The molecule has 0 bridgehead atoms. The normalized spacial score (nSPS) is 14.4. The summed E-state index contributed by atoms with van der Waals surface area (Å²) in [6.07, 6.45) is 0. The molecular formula is C18H16N4O4. The highest BCUT2D eigenvalue weighted by molar-refractivity contribution is 6.03. The van der Waals surface area contributed by atoms with Crippen LogP contribution in [0.4, 0.5) is 11.5 Å². The second-order valence-corrected chi connectivity index (χ2v) is 5.82. The fourth-order valence-corrected chi connectivity index (χ4v) is 2.74. The summed E-state index contributed by atoms with van der Waals surface area (Å²) in [6, 6.07) is 12.0. The number of hydrogen-bond donors (Lipinski definition) is 1. The molecule has 26 heavy (non-hydrogen) atoms. The number of morpholine rings is 1. The second kappa shape index (κ2) is 6.93. The average Bonchev–Trinajstić information content (AvgIpc) is 2.69. The van der Waals surface area contributed by atoms with Gasteiger partial charge in [-0.3, -0.25) is 4.79 Å². The third-order valence-corrected chi connectivity index (χ3v) is 4.11. The highest BCUT2D eigenvalue weighted by atomic mass is 16.5. The Balaban J connectivity index is 1.53. The predicted octanol–water partition coefficient (Wildman–Crippen LogP) is 1.67. The molecule has 0 spiro atoms. The van der Waals surface area contributed by atoms with Crippen LogP contribution in [-0.4, -0.2) is 42.4 Å². The van der Waals surface area contributed by atoms with Crippen LogP contribution >= 0.6 is 0 Å². The van der Waals surface area contributed by atoms with Crippen molar-refractivity contribution in [2.75, 3.05) is 36.5 Å². The van der Waals surface area contributed by atoms with Gasteiger partial charge in [0.15, 0.2) is 11.5 Å². The number of para-hydroxylation sites is 1. The van der Waals surface area contributed by atoms with Crippen molar-refractivity contribution in [2.45, 2.75) is 0 Å². The van der Waals surface area contributed by atoms with Gasteiger partial charge in [0, 0.05) is 18.5 Å². The SMILES string of the molecule is O=C(Nc1cc2ccccc2oc1=O)c1ccc(N2CCOCC2)nn1. The number of ether oxygens (including phenoxy) is 1. The Morgan fingerprint density at radius 1 is 1.08 bits per heavy atom. The van der Waals surface area contributed by atoms with E-state index in [-0.39, 0.29) is 11.4 Å². The van der Waals surface area contributed by atoms with Crippen molar-refractivity contribution in [3.8, 4) is 0 Å². The molecule has 3 aromatic rings. The van der Waals surface area contributed by atoms with Gasteiger partial charge in [-0.1, -0.05) is 18.2 Å². The van der Waals surface area contributed by atoms with Crippen molar-refractivity contribution < 1.29 is 13.9 Å². The number of benzene rings is 1. The first kappa shape index (κ1) is 16.2. The van der Waals surface area contributed by atoms with Gasteiger partial charge in [-0.15, -0.1) is 10.2 Å². The van der Waals surface area contributed by atoms with E-state index in [2.05, 4.69) is 15.5 Å². The number of nitrogens with zero attached hydrogens (tertiary/aromatic N) is 3. The maximum atomic E-state index is 12.4. The molecule has 3 heterocycles. The van der Waals surface area contributed by atoms with E-state index in [0.717, 1.165) is 18.5 Å². The van der Waals surface area contributed by atoms with E-state index in [1.165, 1.54) is 0 Å². The maximum absolute atomic E-state index is 12.4. The number of aromatic nitrogens is 2. The van der Waals surface area contributed by atoms with Crippen molar-refractivity contribution in [3.05, 3.63) is 58.6 Å². The Labute approximate surface area is 148 Å². The smallest absolute Gasteiger partial charge is 0.360 e. The molecule has 132 valence electrons. The molecule has 2 aromatic heterocycles. The lowest BCUT2D eigenvalue weighted by Gasteiger charge is -2.27. The number of carbonyl (C=O) groups is 1. The molecule has 0 radical (unpaired) electrons. The predicted molar refractivity (Wildman–Crippen MR) is 95.5 cm³/mol. The molecule has 0 saturated carbocycles. The highest BCUT2D eigenvalue weighted by Gasteiger charge is 2.16. The zero-order valence-corrected chi connectivity index (χ0v) is 13.8. The molecule has 0 unspecified atom stereocenters. The molecule has 1 aromatic carbocycles. The summed E-state index contributed by atoms with van der Waals surface area (Å²) in [5.74, 6) is 0.170. The summed E-state index contributed by atoms with van der Waals surface area (Å²) in [7, 11) is 0. The van der Waals surface area contributed by atoms with Crippen LogP contribution in [0.5, 0.6) is 0 Å². The van der Waals surface area contributed by atoms with Crippen LogP contribution in [0.1, 0.15) is 10.5 Å². The first-order chi connectivity index (χ1) is 12.7. The Morgan fingerprint density at radius 3 is 2.65 bits per heavy atom. The average molecular weight is 352 g/mol. The molecule has 8 nitrogen and oxygen atoms in total. The van der Waals surface area contributed by atoms with Crippen molar-refractivity contribution in [3.63, 3.8) is 0 Å². The lowest BCUT2D eigenvalue weighted by Crippen LogP contribution is -2.37. The molecule has 0 aliphatic carbocycles. The van der Waals surface area contributed by atoms with Crippen molar-refractivity contribution in [1.82, 2.24) is 10.2 Å². The minimum absolute atomic E-state index is 0.0627. The summed E-state index contributed by atoms with van der Waals surface area (Å²) < 4.78 is 10.5. The summed E-state index contributed by atoms with van der Waals surface area (Å²) in [5, 5.41) is 11.3. The van der Waals surface area contributed by atoms with Gasteiger partial charge in [-0.2, -0.15) is 0 Å². The Kier molecular flexibility index (Phi) is 4.32. The van der Waals surface area contributed by atoms with E-state index in [1.54, 1.807) is 36.4 Å². The van der Waals surface area contributed by atoms with Gasteiger partial charge in [-0.25, -0.2) is 4.79 Å². The van der Waals surface area contributed by atoms with E-state index in [9.17, 15) is 9.59 Å². The van der Waals surface area contributed by atoms with Crippen LogP contribution in [0, 0.1) is 0 Å². The Morgan fingerprint density at radius 2 is 1.88 bits per heavy atom. The number of hydrogen-bond acceptors (Lipinski definition) is 7. The van der Waals surface area contributed by atoms with E-state index in [0.29, 0.717) is 24.6 Å². The molecule has 4 rings (SSSR count). The van der Waals surface area contributed by atoms with Crippen molar-refractivity contribution >= 4 is 28.4 Å². The molecule has 1 saturated heterocycles. The molecular weight excluding hydrogens is 336 g/mol. The van der Waals surface area contributed by atoms with Crippen LogP contribution in [0.3, 0.4) is 0 Å². The third-order valence-electron chi connectivity index (χ3n) is 4.11. The van der Waals surface area contributed by atoms with Crippen LogP contribution in [-0.2, 0) is 4.74 Å². The molecule has 1 amide bonds. The van der Waals surface area contributed by atoms with E-state index < -0.39 is 11.5 Å². The van der Waals surface area contributed by atoms with Gasteiger partial charge in [-0.05, 0) is 24.3 Å². The minimum Gasteiger partial charge on any atom is -0.421 e. The van der Waals surface area contributed by atoms with Gasteiger partial charge in [0.2, 0.25) is 0 Å². The number of anilines is 2. The van der Waals surface area contributed by atoms with E-state index in [1.807, 2.05) is 11.0 Å². The third kappa shape index (κ3) is 3.27. The van der Waals surface area contributed by atoms with Crippen LogP contribution in [0.15, 0.2) is 51.7 Å². The second-order valence-electron chi connectivity index (χ2n) is 5.82. The Bertz CT molecular complexity index is 994. The van der Waals surface area contributed by atoms with Crippen molar-refractivity contribution in [2.24, 2.45) is 0 Å². The molecule has 0 atom stereocenters. The quantitative estimate of drug-likeness (QED) is 0.716. The number of rotatable bonds is 3. The van der Waals surface area contributed by atoms with Gasteiger partial charge in [0.1, 0.15) is 11.3 Å². The largest absolute Gasteiger partial charge is 0.421 e. The summed E-state index contributed by atoms with van der Waals surface area (Å²) in [6.45, 7) is 2.75. The zero-order chi connectivity index (χ0) is 17.9. The first-order valence-electron chi connectivity index (χ1n) is 8.21. The lowest BCUT2D eigenvalue weighted by atomic mass is 10.2. The summed E-state index contributed by atoms with van der Waals surface area (Å²) in [4.78, 5) is 26.4. The monoisotopic (exact) mass is 352 g/mol. The van der Waals surface area contributed by atoms with Crippen molar-refractivity contribution in [1.29, 1.82) is 0 Å². The topological polar surface area (TPSA) is 97.6 Å². The molecule has 1 fully saturated rings. The molecule has 1 N–H and O–H groups in total. The zero-order valence-electron chi connectivity index (χ0n) is 13.8. The molecule has 1 aliphatic heterocycles. The van der Waals surface area contributed by atoms with Crippen LogP contribution in [0.2, 0.25) is 0 Å². The minimum atomic E-state index is -0.616. The van der Waals surface area contributed by atoms with Gasteiger partial charge < -0.3 is 19.4 Å². The van der Waals surface area contributed by atoms with Gasteiger partial charge in [0.25, 0.3) is 5.91 Å². The maximum Gasteiger partial charge on any atom is 0.360 e. The number of fused-ring (bicyclic) bond motifs is 1. The molecule has 8 heteroatoms. The number of amides is 1. The van der Waals surface area contributed by atoms with E-state index >= 15 is 0 Å². The highest BCUT2D eigenvalue weighted by Crippen LogP contribution is 2.16. The fraction of sp³-hybridized carbons (Fsp3) is 0.222. The lowest BCUT2D eigenvalue weighted by molar-refractivity contribution is 0.102. The van der Waals surface area contributed by atoms with Gasteiger partial charge in [0.05, 0.1) is 13.2 Å². The first-order valence-corrected chi connectivity index (χ1v) is 8.21.